The molecule has 1 aliphatic heterocycles. The van der Waals surface area contributed by atoms with Gasteiger partial charge in [0.05, 0.1) is 6.10 Å². The molecule has 0 N–H and O–H groups in total. The molecule has 0 radical (unpaired) electrons. The van der Waals surface area contributed by atoms with Gasteiger partial charge in [-0.1, -0.05) is 45.3 Å². The first-order valence-corrected chi connectivity index (χ1v) is 7.43. The highest BCUT2D eigenvalue weighted by Crippen LogP contribution is 2.40. The van der Waals surface area contributed by atoms with Gasteiger partial charge in [0.25, 0.3) is 0 Å². The monoisotopic (exact) mass is 296 g/mol. The molecule has 1 saturated heterocycles. The van der Waals surface area contributed by atoms with Crippen molar-refractivity contribution in [3.05, 3.63) is 34.9 Å². The van der Waals surface area contributed by atoms with Crippen molar-refractivity contribution in [1.82, 2.24) is 0 Å². The van der Waals surface area contributed by atoms with E-state index in [1.165, 1.54) is 16.7 Å². The number of aryl methyl sites for hydroxylation is 2. The van der Waals surface area contributed by atoms with Crippen LogP contribution in [0.1, 0.15) is 30.0 Å². The zero-order valence-corrected chi connectivity index (χ0v) is 12.5. The van der Waals surface area contributed by atoms with Gasteiger partial charge in [0.2, 0.25) is 0 Å². The Kier molecular flexibility index (Phi) is 3.94. The van der Waals surface area contributed by atoms with E-state index >= 15 is 0 Å². The summed E-state index contributed by atoms with van der Waals surface area (Å²) in [7, 11) is 0. The number of hydrogen-bond donors (Lipinski definition) is 0. The van der Waals surface area contributed by atoms with Gasteiger partial charge < -0.3 is 4.74 Å². The van der Waals surface area contributed by atoms with Gasteiger partial charge >= 0.3 is 0 Å². The van der Waals surface area contributed by atoms with Crippen LogP contribution in [0.2, 0.25) is 0 Å². The summed E-state index contributed by atoms with van der Waals surface area (Å²) in [5.74, 6) is 0. The van der Waals surface area contributed by atoms with E-state index in [1.54, 1.807) is 0 Å². The summed E-state index contributed by atoms with van der Waals surface area (Å²) in [6.45, 7) is 7.45. The lowest BCUT2D eigenvalue weighted by atomic mass is 9.78. The summed E-state index contributed by atoms with van der Waals surface area (Å²) in [5, 5.41) is 1.02. The second-order valence-electron chi connectivity index (χ2n) is 5.43. The van der Waals surface area contributed by atoms with Crippen molar-refractivity contribution >= 4 is 15.9 Å². The van der Waals surface area contributed by atoms with Crippen molar-refractivity contribution in [1.29, 1.82) is 0 Å². The third-order valence-corrected chi connectivity index (χ3v) is 5.05. The Morgan fingerprint density at radius 2 is 1.94 bits per heavy atom. The van der Waals surface area contributed by atoms with Gasteiger partial charge in [-0.25, -0.2) is 0 Å². The average molecular weight is 297 g/mol. The molecule has 2 atom stereocenters. The van der Waals surface area contributed by atoms with Crippen molar-refractivity contribution < 1.29 is 4.74 Å². The van der Waals surface area contributed by atoms with E-state index in [0.717, 1.165) is 24.8 Å². The largest absolute Gasteiger partial charge is 0.378 e. The van der Waals surface area contributed by atoms with Gasteiger partial charge in [-0.05, 0) is 39.2 Å². The van der Waals surface area contributed by atoms with Crippen LogP contribution in [0.15, 0.2) is 18.2 Å². The van der Waals surface area contributed by atoms with Crippen molar-refractivity contribution in [2.45, 2.75) is 39.7 Å². The van der Waals surface area contributed by atoms with Crippen LogP contribution in [0.3, 0.4) is 0 Å². The molecule has 0 amide bonds. The Morgan fingerprint density at radius 3 is 2.41 bits per heavy atom. The van der Waals surface area contributed by atoms with Crippen LogP contribution in [0, 0.1) is 19.3 Å². The molecular weight excluding hydrogens is 276 g/mol. The highest BCUT2D eigenvalue weighted by atomic mass is 79.9. The van der Waals surface area contributed by atoms with E-state index in [0.29, 0.717) is 6.10 Å². The summed E-state index contributed by atoms with van der Waals surface area (Å²) >= 11 is 3.69. The number of alkyl halides is 1. The van der Waals surface area contributed by atoms with E-state index in [2.05, 4.69) is 54.9 Å². The summed E-state index contributed by atoms with van der Waals surface area (Å²) in [6.07, 6.45) is 2.62. The van der Waals surface area contributed by atoms with Crippen LogP contribution >= 0.6 is 15.9 Å². The Balaban J connectivity index is 2.24. The first kappa shape index (κ1) is 13.1. The lowest BCUT2D eigenvalue weighted by Crippen LogP contribution is -2.33. The number of hydrogen-bond acceptors (Lipinski definition) is 1. The van der Waals surface area contributed by atoms with E-state index in [-0.39, 0.29) is 5.41 Å². The number of benzene rings is 1. The number of halogens is 1. The van der Waals surface area contributed by atoms with Gasteiger partial charge in [0, 0.05) is 17.4 Å². The quantitative estimate of drug-likeness (QED) is 0.765. The van der Waals surface area contributed by atoms with Gasteiger partial charge in [-0.2, -0.15) is 0 Å². The third-order valence-electron chi connectivity index (χ3n) is 3.93. The first-order chi connectivity index (χ1) is 8.05. The topological polar surface area (TPSA) is 9.23 Å². The van der Waals surface area contributed by atoms with Crippen LogP contribution in [0.4, 0.5) is 0 Å². The predicted molar refractivity (Wildman–Crippen MR) is 75.9 cm³/mol. The minimum absolute atomic E-state index is 0.278. The maximum atomic E-state index is 5.76. The Labute approximate surface area is 113 Å². The maximum Gasteiger partial charge on any atom is 0.0615 e. The van der Waals surface area contributed by atoms with Crippen molar-refractivity contribution in [2.75, 3.05) is 11.9 Å². The number of ether oxygens (including phenoxy) is 1. The molecule has 2 rings (SSSR count). The molecule has 0 aromatic heterocycles. The van der Waals surface area contributed by atoms with Crippen molar-refractivity contribution in [3.63, 3.8) is 0 Å². The van der Waals surface area contributed by atoms with Gasteiger partial charge in [0.1, 0.15) is 0 Å². The molecule has 1 aromatic rings. The third kappa shape index (κ3) is 2.74. The zero-order chi connectivity index (χ0) is 12.5. The van der Waals surface area contributed by atoms with E-state index in [9.17, 15) is 0 Å². The standard InChI is InChI=1S/C15H21BrO/c1-11-6-12(2)8-14(7-11)9-15(10-16)4-5-17-13(15)3/h6-8,13H,4-5,9-10H2,1-3H3. The fourth-order valence-corrected chi connectivity index (χ4v) is 3.79. The highest BCUT2D eigenvalue weighted by molar-refractivity contribution is 9.09. The van der Waals surface area contributed by atoms with Crippen LogP contribution in [-0.2, 0) is 11.2 Å². The van der Waals surface area contributed by atoms with Crippen LogP contribution in [0.5, 0.6) is 0 Å². The summed E-state index contributed by atoms with van der Waals surface area (Å²) < 4.78 is 5.76. The summed E-state index contributed by atoms with van der Waals surface area (Å²) in [6, 6.07) is 6.85. The van der Waals surface area contributed by atoms with E-state index < -0.39 is 0 Å². The second-order valence-corrected chi connectivity index (χ2v) is 5.99. The van der Waals surface area contributed by atoms with Gasteiger partial charge in [-0.15, -0.1) is 0 Å². The van der Waals surface area contributed by atoms with Gasteiger partial charge in [0.15, 0.2) is 0 Å². The Bertz CT molecular complexity index is 382. The lowest BCUT2D eigenvalue weighted by molar-refractivity contribution is 0.0746. The minimum Gasteiger partial charge on any atom is -0.378 e. The molecule has 1 fully saturated rings. The van der Waals surface area contributed by atoms with Crippen molar-refractivity contribution in [2.24, 2.45) is 5.41 Å². The minimum atomic E-state index is 0.278. The molecule has 1 aliphatic rings. The number of rotatable bonds is 3. The molecule has 0 saturated carbocycles. The van der Waals surface area contributed by atoms with Crippen LogP contribution in [-0.4, -0.2) is 18.0 Å². The normalized spacial score (nSPS) is 28.6. The Morgan fingerprint density at radius 1 is 1.29 bits per heavy atom. The summed E-state index contributed by atoms with van der Waals surface area (Å²) in [5.41, 5.74) is 4.44. The molecule has 2 heteroatoms. The Hall–Kier alpha value is -0.340. The molecule has 0 bridgehead atoms. The molecule has 1 heterocycles. The molecule has 1 nitrogen and oxygen atoms in total. The molecule has 0 spiro atoms. The molecule has 2 unspecified atom stereocenters. The van der Waals surface area contributed by atoms with E-state index in [1.807, 2.05) is 0 Å². The van der Waals surface area contributed by atoms with Crippen molar-refractivity contribution in [3.8, 4) is 0 Å². The SMILES string of the molecule is Cc1cc(C)cc(CC2(CBr)CCOC2C)c1. The second kappa shape index (κ2) is 5.11. The summed E-state index contributed by atoms with van der Waals surface area (Å²) in [4.78, 5) is 0. The fraction of sp³-hybridized carbons (Fsp3) is 0.600. The molecule has 0 aliphatic carbocycles. The zero-order valence-electron chi connectivity index (χ0n) is 10.9. The molecule has 17 heavy (non-hydrogen) atoms. The van der Waals surface area contributed by atoms with Gasteiger partial charge in [-0.3, -0.25) is 0 Å². The first-order valence-electron chi connectivity index (χ1n) is 6.30. The maximum absolute atomic E-state index is 5.76. The fourth-order valence-electron chi connectivity index (χ4n) is 2.85. The lowest BCUT2D eigenvalue weighted by Gasteiger charge is -2.30. The van der Waals surface area contributed by atoms with E-state index in [4.69, 9.17) is 4.74 Å². The predicted octanol–water partition coefficient (Wildman–Crippen LogP) is 4.04. The molecule has 94 valence electrons. The van der Waals surface area contributed by atoms with Crippen LogP contribution < -0.4 is 0 Å². The smallest absolute Gasteiger partial charge is 0.0615 e. The molecular formula is C15H21BrO. The molecule has 1 aromatic carbocycles. The average Bonchev–Trinajstić information content (AvgIpc) is 2.59. The van der Waals surface area contributed by atoms with Crippen LogP contribution in [0.25, 0.3) is 0 Å². The highest BCUT2D eigenvalue weighted by Gasteiger charge is 2.40.